The molecular formula is C52H42N2. The summed E-state index contributed by atoms with van der Waals surface area (Å²) < 4.78 is 2.38. The number of hydrogen-bond acceptors (Lipinski definition) is 1. The van der Waals surface area contributed by atoms with Gasteiger partial charge in [0.15, 0.2) is 0 Å². The van der Waals surface area contributed by atoms with Crippen LogP contribution >= 0.6 is 0 Å². The average molecular weight is 695 g/mol. The van der Waals surface area contributed by atoms with Crippen LogP contribution in [0.2, 0.25) is 0 Å². The Kier molecular flexibility index (Phi) is 7.56. The van der Waals surface area contributed by atoms with E-state index in [-0.39, 0.29) is 5.41 Å². The van der Waals surface area contributed by atoms with Gasteiger partial charge in [-0.2, -0.15) is 0 Å². The zero-order valence-electron chi connectivity index (χ0n) is 30.9. The van der Waals surface area contributed by atoms with Gasteiger partial charge >= 0.3 is 0 Å². The molecule has 2 nitrogen and oxygen atoms in total. The monoisotopic (exact) mass is 694 g/mol. The Morgan fingerprint density at radius 3 is 1.98 bits per heavy atom. The number of para-hydroxylation sites is 2. The third-order valence-corrected chi connectivity index (χ3v) is 11.9. The highest BCUT2D eigenvalue weighted by atomic mass is 15.1. The maximum absolute atomic E-state index is 2.45. The molecule has 0 bridgehead atoms. The van der Waals surface area contributed by atoms with Crippen molar-refractivity contribution < 1.29 is 0 Å². The molecule has 260 valence electrons. The predicted octanol–water partition coefficient (Wildman–Crippen LogP) is 13.8. The molecule has 54 heavy (non-hydrogen) atoms. The van der Waals surface area contributed by atoms with Crippen LogP contribution < -0.4 is 4.90 Å². The Hall–Kier alpha value is -6.38. The maximum atomic E-state index is 2.45. The number of nitrogens with zero attached hydrogens (tertiary/aromatic N) is 2. The molecule has 7 aromatic carbocycles. The Morgan fingerprint density at radius 2 is 1.19 bits per heavy atom. The van der Waals surface area contributed by atoms with Gasteiger partial charge in [0.2, 0.25) is 0 Å². The number of benzene rings is 7. The predicted molar refractivity (Wildman–Crippen MR) is 228 cm³/mol. The summed E-state index contributed by atoms with van der Waals surface area (Å²) in [6.45, 7) is 7.07. The SMILES string of the molecule is CC1C=C(N(c2ccc(-c3ccc4c(c3)c3ccccc3n4-c3ccccc3)cc2)c2ccc3c(c2)C(C)(C)c2ccccc2-3)C=CC1c1ccccc1. The van der Waals surface area contributed by atoms with E-state index in [0.717, 1.165) is 5.69 Å². The van der Waals surface area contributed by atoms with E-state index in [2.05, 4.69) is 218 Å². The van der Waals surface area contributed by atoms with Gasteiger partial charge in [-0.15, -0.1) is 0 Å². The first-order chi connectivity index (χ1) is 26.5. The van der Waals surface area contributed by atoms with Gasteiger partial charge in [-0.05, 0) is 106 Å². The van der Waals surface area contributed by atoms with Gasteiger partial charge in [-0.1, -0.05) is 148 Å². The summed E-state index contributed by atoms with van der Waals surface area (Å²) in [5, 5.41) is 2.53. The van der Waals surface area contributed by atoms with Crippen molar-refractivity contribution in [3.63, 3.8) is 0 Å². The van der Waals surface area contributed by atoms with Gasteiger partial charge in [0, 0.05) is 44.9 Å². The van der Waals surface area contributed by atoms with Gasteiger partial charge in [-0.3, -0.25) is 0 Å². The molecule has 0 N–H and O–H groups in total. The highest BCUT2D eigenvalue weighted by molar-refractivity contribution is 6.10. The molecule has 1 aromatic heterocycles. The molecule has 2 aliphatic carbocycles. The van der Waals surface area contributed by atoms with Crippen LogP contribution in [0.15, 0.2) is 194 Å². The van der Waals surface area contributed by atoms with E-state index in [1.54, 1.807) is 0 Å². The van der Waals surface area contributed by atoms with E-state index < -0.39 is 0 Å². The second kappa shape index (κ2) is 12.6. The van der Waals surface area contributed by atoms with Gasteiger partial charge in [0.1, 0.15) is 0 Å². The van der Waals surface area contributed by atoms with Crippen molar-refractivity contribution in [2.24, 2.45) is 5.92 Å². The minimum atomic E-state index is -0.0811. The van der Waals surface area contributed by atoms with Crippen molar-refractivity contribution in [2.45, 2.75) is 32.1 Å². The lowest BCUT2D eigenvalue weighted by Crippen LogP contribution is -2.21. The third-order valence-electron chi connectivity index (χ3n) is 11.9. The quantitative estimate of drug-likeness (QED) is 0.168. The Balaban J connectivity index is 1.06. The molecule has 0 fully saturated rings. The highest BCUT2D eigenvalue weighted by Gasteiger charge is 2.36. The molecule has 10 rings (SSSR count). The molecule has 2 unspecified atom stereocenters. The molecule has 2 heteroatoms. The van der Waals surface area contributed by atoms with Gasteiger partial charge < -0.3 is 9.47 Å². The lowest BCUT2D eigenvalue weighted by atomic mass is 9.82. The van der Waals surface area contributed by atoms with E-state index in [1.165, 1.54) is 77.8 Å². The van der Waals surface area contributed by atoms with Gasteiger partial charge in [-0.25, -0.2) is 0 Å². The van der Waals surface area contributed by atoms with Crippen LogP contribution in [0.4, 0.5) is 11.4 Å². The second-order valence-corrected chi connectivity index (χ2v) is 15.4. The van der Waals surface area contributed by atoms with Crippen LogP contribution in [-0.2, 0) is 5.41 Å². The van der Waals surface area contributed by atoms with E-state index >= 15 is 0 Å². The molecule has 0 aliphatic heterocycles. The number of allylic oxidation sites excluding steroid dienone is 3. The van der Waals surface area contributed by atoms with Crippen molar-refractivity contribution in [3.8, 4) is 27.9 Å². The molecule has 2 atom stereocenters. The molecule has 0 amide bonds. The minimum absolute atomic E-state index is 0.0811. The molecule has 0 radical (unpaired) electrons. The van der Waals surface area contributed by atoms with E-state index in [0.29, 0.717) is 11.8 Å². The first kappa shape index (κ1) is 32.3. The largest absolute Gasteiger partial charge is 0.311 e. The molecule has 8 aromatic rings. The van der Waals surface area contributed by atoms with Crippen LogP contribution in [0, 0.1) is 5.92 Å². The van der Waals surface area contributed by atoms with Crippen molar-refractivity contribution in [2.75, 3.05) is 4.90 Å². The Morgan fingerprint density at radius 1 is 0.537 bits per heavy atom. The fraction of sp³-hybridized carbons (Fsp3) is 0.115. The Bertz CT molecular complexity index is 2750. The number of anilines is 2. The molecule has 2 aliphatic rings. The van der Waals surface area contributed by atoms with Crippen LogP contribution in [0.3, 0.4) is 0 Å². The lowest BCUT2D eigenvalue weighted by molar-refractivity contribution is 0.628. The van der Waals surface area contributed by atoms with Crippen molar-refractivity contribution >= 4 is 33.2 Å². The van der Waals surface area contributed by atoms with Crippen molar-refractivity contribution in [1.82, 2.24) is 4.57 Å². The maximum Gasteiger partial charge on any atom is 0.0541 e. The first-order valence-corrected chi connectivity index (χ1v) is 19.1. The molecule has 0 saturated heterocycles. The molecule has 0 spiro atoms. The van der Waals surface area contributed by atoms with Crippen LogP contribution in [-0.4, -0.2) is 4.57 Å². The van der Waals surface area contributed by atoms with Crippen molar-refractivity contribution in [3.05, 3.63) is 210 Å². The number of hydrogen-bond donors (Lipinski definition) is 0. The smallest absolute Gasteiger partial charge is 0.0541 e. The molecule has 1 heterocycles. The number of fused-ring (bicyclic) bond motifs is 6. The summed E-state index contributed by atoms with van der Waals surface area (Å²) in [4.78, 5) is 2.45. The zero-order chi connectivity index (χ0) is 36.4. The standard InChI is InChI=1S/C52H42N2/c1-35-32-41(27-29-43(35)37-14-6-4-7-15-37)53(42-28-30-45-44-18-10-12-20-48(44)52(2,3)49(45)34-42)40-25-22-36(23-26-40)38-24-31-51-47(33-38)46-19-11-13-21-50(46)54(51)39-16-8-5-9-17-39/h4-35,43H,1-3H3. The number of rotatable bonds is 6. The Labute approximate surface area is 318 Å². The third kappa shape index (κ3) is 5.16. The summed E-state index contributed by atoms with van der Waals surface area (Å²) in [6.07, 6.45) is 7.18. The summed E-state index contributed by atoms with van der Waals surface area (Å²) in [7, 11) is 0. The van der Waals surface area contributed by atoms with Gasteiger partial charge in [0.25, 0.3) is 0 Å². The topological polar surface area (TPSA) is 8.17 Å². The first-order valence-electron chi connectivity index (χ1n) is 19.1. The minimum Gasteiger partial charge on any atom is -0.311 e. The summed E-state index contributed by atoms with van der Waals surface area (Å²) in [5.41, 5.74) is 16.3. The van der Waals surface area contributed by atoms with Crippen LogP contribution in [0.1, 0.15) is 43.4 Å². The van der Waals surface area contributed by atoms with Gasteiger partial charge in [0.05, 0.1) is 11.0 Å². The summed E-state index contributed by atoms with van der Waals surface area (Å²) in [5.74, 6) is 0.685. The molecule has 0 saturated carbocycles. The number of aromatic nitrogens is 1. The fourth-order valence-corrected chi connectivity index (χ4v) is 9.13. The van der Waals surface area contributed by atoms with Crippen molar-refractivity contribution in [1.29, 1.82) is 0 Å². The fourth-order valence-electron chi connectivity index (χ4n) is 9.13. The van der Waals surface area contributed by atoms with E-state index in [9.17, 15) is 0 Å². The zero-order valence-corrected chi connectivity index (χ0v) is 30.9. The normalized spacial score (nSPS) is 17.0. The van der Waals surface area contributed by atoms with Crippen LogP contribution in [0.25, 0.3) is 49.7 Å². The summed E-state index contributed by atoms with van der Waals surface area (Å²) >= 11 is 0. The summed E-state index contributed by atoms with van der Waals surface area (Å²) in [6, 6.07) is 62.3. The van der Waals surface area contributed by atoms with E-state index in [4.69, 9.17) is 0 Å². The lowest BCUT2D eigenvalue weighted by Gasteiger charge is -2.32. The second-order valence-electron chi connectivity index (χ2n) is 15.4. The highest BCUT2D eigenvalue weighted by Crippen LogP contribution is 2.50. The average Bonchev–Trinajstić information content (AvgIpc) is 3.67. The van der Waals surface area contributed by atoms with Crippen LogP contribution in [0.5, 0.6) is 0 Å². The molecular weight excluding hydrogens is 653 g/mol. The van der Waals surface area contributed by atoms with E-state index in [1.807, 2.05) is 0 Å².